The number of ether oxygens (including phenoxy) is 1. The van der Waals surface area contributed by atoms with Crippen LogP contribution < -0.4 is 5.32 Å². The molecule has 1 atom stereocenters. The van der Waals surface area contributed by atoms with Gasteiger partial charge in [0, 0.05) is 15.7 Å². The molecule has 0 saturated carbocycles. The van der Waals surface area contributed by atoms with Crippen molar-refractivity contribution in [2.45, 2.75) is 21.8 Å². The number of hydrogen-bond donors (Lipinski definition) is 2. The fourth-order valence-electron chi connectivity index (χ4n) is 5.30. The van der Waals surface area contributed by atoms with E-state index in [-0.39, 0.29) is 22.3 Å². The summed E-state index contributed by atoms with van der Waals surface area (Å²) in [5.74, 6) is -3.07. The summed E-state index contributed by atoms with van der Waals surface area (Å²) in [6, 6.07) is 32.3. The predicted octanol–water partition coefficient (Wildman–Crippen LogP) is 6.14. The molecule has 0 spiro atoms. The van der Waals surface area contributed by atoms with Gasteiger partial charge in [0.15, 0.2) is 6.04 Å². The number of alkyl carbamates (subject to hydrolysis) is 1. The minimum absolute atomic E-state index is 0.0382. The van der Waals surface area contributed by atoms with Gasteiger partial charge in [-0.3, -0.25) is 14.5 Å². The third-order valence-corrected chi connectivity index (χ3v) is 9.65. The van der Waals surface area contributed by atoms with E-state index in [0.29, 0.717) is 4.90 Å². The summed E-state index contributed by atoms with van der Waals surface area (Å²) in [4.78, 5) is 54.9. The van der Waals surface area contributed by atoms with E-state index in [9.17, 15) is 24.3 Å². The first-order chi connectivity index (χ1) is 21.4. The van der Waals surface area contributed by atoms with E-state index >= 15 is 0 Å². The summed E-state index contributed by atoms with van der Waals surface area (Å²) in [6.45, 7) is -0.480. The van der Waals surface area contributed by atoms with Crippen molar-refractivity contribution in [1.29, 1.82) is 0 Å². The third kappa shape index (κ3) is 5.86. The fraction of sp³-hybridized carbons (Fsp3) is 0.118. The first-order valence-electron chi connectivity index (χ1n) is 13.8. The van der Waals surface area contributed by atoms with Crippen LogP contribution in [0.2, 0.25) is 0 Å². The van der Waals surface area contributed by atoms with Gasteiger partial charge in [-0.1, -0.05) is 108 Å². The molecule has 6 rings (SSSR count). The summed E-state index contributed by atoms with van der Waals surface area (Å²) < 4.78 is 5.54. The summed E-state index contributed by atoms with van der Waals surface area (Å²) in [7, 11) is 0. The standard InChI is InChI=1S/C34H26N2O6S2/c37-31-29(43-21-11-3-1-4-12-21)30(44-22-13-5-2-6-14-22)32(38)36(31)28(33(39)40)19-35-34(41)42-20-27-25-17-9-7-15-23(25)24-16-8-10-18-26(24)27/h1-18,27-28H,19-20H2,(H,35,41)(H,39,40)/t28-/m0/s1. The van der Waals surface area contributed by atoms with E-state index in [0.717, 1.165) is 55.6 Å². The van der Waals surface area contributed by atoms with Gasteiger partial charge in [-0.2, -0.15) is 0 Å². The Balaban J connectivity index is 1.16. The minimum Gasteiger partial charge on any atom is -0.480 e. The highest BCUT2D eigenvalue weighted by Gasteiger charge is 2.46. The lowest BCUT2D eigenvalue weighted by atomic mass is 9.98. The highest BCUT2D eigenvalue weighted by atomic mass is 32.2. The molecule has 0 unspecified atom stereocenters. The lowest BCUT2D eigenvalue weighted by Gasteiger charge is -2.23. The van der Waals surface area contributed by atoms with Crippen LogP contribution >= 0.6 is 23.5 Å². The second-order valence-electron chi connectivity index (χ2n) is 10.0. The molecule has 1 heterocycles. The molecule has 0 bridgehead atoms. The van der Waals surface area contributed by atoms with Crippen molar-refractivity contribution < 1.29 is 29.0 Å². The molecule has 44 heavy (non-hydrogen) atoms. The average Bonchev–Trinajstić information content (AvgIpc) is 3.48. The molecule has 0 radical (unpaired) electrons. The molecule has 0 fully saturated rings. The van der Waals surface area contributed by atoms with Crippen LogP contribution in [-0.2, 0) is 19.1 Å². The highest BCUT2D eigenvalue weighted by molar-refractivity contribution is 8.08. The largest absolute Gasteiger partial charge is 0.480 e. The number of rotatable bonds is 10. The quantitative estimate of drug-likeness (QED) is 0.203. The van der Waals surface area contributed by atoms with Crippen molar-refractivity contribution in [3.05, 3.63) is 130 Å². The number of carbonyl (C=O) groups is 4. The second-order valence-corrected chi connectivity index (χ2v) is 12.2. The number of nitrogens with zero attached hydrogens (tertiary/aromatic N) is 1. The number of fused-ring (bicyclic) bond motifs is 3. The van der Waals surface area contributed by atoms with Gasteiger partial charge in [0.2, 0.25) is 0 Å². The van der Waals surface area contributed by atoms with Gasteiger partial charge in [-0.05, 0) is 46.5 Å². The van der Waals surface area contributed by atoms with Crippen LogP contribution in [0, 0.1) is 0 Å². The molecule has 1 aliphatic carbocycles. The Morgan fingerprint density at radius 1 is 0.727 bits per heavy atom. The Hall–Kier alpha value is -4.80. The summed E-state index contributed by atoms with van der Waals surface area (Å²) in [5, 5.41) is 12.5. The monoisotopic (exact) mass is 622 g/mol. The van der Waals surface area contributed by atoms with E-state index in [1.165, 1.54) is 0 Å². The van der Waals surface area contributed by atoms with Crippen molar-refractivity contribution in [3.63, 3.8) is 0 Å². The number of carboxylic acid groups (broad SMARTS) is 1. The first kappa shape index (κ1) is 29.3. The lowest BCUT2D eigenvalue weighted by Crippen LogP contribution is -2.51. The van der Waals surface area contributed by atoms with Crippen LogP contribution in [0.25, 0.3) is 11.1 Å². The van der Waals surface area contributed by atoms with Crippen LogP contribution in [0.4, 0.5) is 4.79 Å². The molecular formula is C34H26N2O6S2. The van der Waals surface area contributed by atoms with Crippen molar-refractivity contribution in [2.75, 3.05) is 13.2 Å². The van der Waals surface area contributed by atoms with Gasteiger partial charge in [-0.25, -0.2) is 9.59 Å². The Kier molecular flexibility index (Phi) is 8.53. The summed E-state index contributed by atoms with van der Waals surface area (Å²) >= 11 is 2.20. The number of carbonyl (C=O) groups excluding carboxylic acids is 3. The SMILES string of the molecule is O=C(NC[C@@H](C(=O)O)N1C(=O)C(Sc2ccccc2)=C(Sc2ccccc2)C1=O)OCC1c2ccccc2-c2ccccc21. The number of benzene rings is 4. The van der Waals surface area contributed by atoms with Gasteiger partial charge in [0.05, 0.1) is 16.4 Å². The molecule has 10 heteroatoms. The molecule has 8 nitrogen and oxygen atoms in total. The molecule has 2 N–H and O–H groups in total. The number of hydrogen-bond acceptors (Lipinski definition) is 7. The number of imide groups is 1. The molecular weight excluding hydrogens is 597 g/mol. The summed E-state index contributed by atoms with van der Waals surface area (Å²) in [5.41, 5.74) is 4.23. The zero-order valence-corrected chi connectivity index (χ0v) is 24.8. The Labute approximate surface area is 262 Å². The van der Waals surface area contributed by atoms with Gasteiger partial charge in [0.1, 0.15) is 6.61 Å². The highest BCUT2D eigenvalue weighted by Crippen LogP contribution is 2.45. The van der Waals surface area contributed by atoms with Gasteiger partial charge < -0.3 is 15.2 Å². The molecule has 0 saturated heterocycles. The topological polar surface area (TPSA) is 113 Å². The number of nitrogens with one attached hydrogen (secondary N) is 1. The van der Waals surface area contributed by atoms with E-state index in [4.69, 9.17) is 4.74 Å². The summed E-state index contributed by atoms with van der Waals surface area (Å²) in [6.07, 6.45) is -0.845. The van der Waals surface area contributed by atoms with Crippen LogP contribution in [0.5, 0.6) is 0 Å². The molecule has 220 valence electrons. The third-order valence-electron chi connectivity index (χ3n) is 7.34. The van der Waals surface area contributed by atoms with E-state index in [1.54, 1.807) is 24.3 Å². The molecule has 4 aromatic carbocycles. The van der Waals surface area contributed by atoms with E-state index in [1.807, 2.05) is 84.9 Å². The van der Waals surface area contributed by atoms with Gasteiger partial charge in [0.25, 0.3) is 11.8 Å². The van der Waals surface area contributed by atoms with Crippen LogP contribution in [-0.4, -0.2) is 53.1 Å². The number of carboxylic acids is 1. The second kappa shape index (κ2) is 12.8. The number of amides is 3. The maximum absolute atomic E-state index is 13.7. The zero-order valence-electron chi connectivity index (χ0n) is 23.2. The Bertz CT molecular complexity index is 1670. The average molecular weight is 623 g/mol. The van der Waals surface area contributed by atoms with Crippen LogP contribution in [0.3, 0.4) is 0 Å². The Morgan fingerprint density at radius 3 is 1.66 bits per heavy atom. The van der Waals surface area contributed by atoms with Crippen LogP contribution in [0.1, 0.15) is 17.0 Å². The molecule has 0 aromatic heterocycles. The molecule has 3 amide bonds. The number of aliphatic carboxylic acids is 1. The van der Waals surface area contributed by atoms with Gasteiger partial charge in [-0.15, -0.1) is 0 Å². The number of thioether (sulfide) groups is 2. The first-order valence-corrected chi connectivity index (χ1v) is 15.4. The molecule has 1 aliphatic heterocycles. The molecule has 2 aliphatic rings. The maximum Gasteiger partial charge on any atom is 0.407 e. The van der Waals surface area contributed by atoms with Crippen LogP contribution in [0.15, 0.2) is 129 Å². The van der Waals surface area contributed by atoms with Crippen molar-refractivity contribution >= 4 is 47.4 Å². The van der Waals surface area contributed by atoms with Crippen molar-refractivity contribution in [3.8, 4) is 11.1 Å². The maximum atomic E-state index is 13.7. The fourth-order valence-corrected chi connectivity index (χ4v) is 7.34. The molecule has 4 aromatic rings. The Morgan fingerprint density at radius 2 is 1.18 bits per heavy atom. The van der Waals surface area contributed by atoms with Crippen molar-refractivity contribution in [2.24, 2.45) is 0 Å². The van der Waals surface area contributed by atoms with Gasteiger partial charge >= 0.3 is 12.1 Å². The predicted molar refractivity (Wildman–Crippen MR) is 168 cm³/mol. The normalized spacial score (nSPS) is 14.8. The van der Waals surface area contributed by atoms with Crippen molar-refractivity contribution in [1.82, 2.24) is 10.2 Å². The minimum atomic E-state index is -1.64. The van der Waals surface area contributed by atoms with E-state index < -0.39 is 36.5 Å². The van der Waals surface area contributed by atoms with E-state index in [2.05, 4.69) is 5.32 Å². The zero-order chi connectivity index (χ0) is 30.6. The smallest absolute Gasteiger partial charge is 0.407 e. The lowest BCUT2D eigenvalue weighted by molar-refractivity contribution is -0.153.